The van der Waals surface area contributed by atoms with Gasteiger partial charge in [0.25, 0.3) is 0 Å². The number of benzene rings is 1. The van der Waals surface area contributed by atoms with E-state index in [1.165, 1.54) is 16.1 Å². The van der Waals surface area contributed by atoms with Gasteiger partial charge in [-0.2, -0.15) is 0 Å². The summed E-state index contributed by atoms with van der Waals surface area (Å²) in [4.78, 5) is 22.3. The molecule has 0 unspecified atom stereocenters. The predicted molar refractivity (Wildman–Crippen MR) is 109 cm³/mol. The van der Waals surface area contributed by atoms with Gasteiger partial charge in [-0.1, -0.05) is 6.92 Å². The zero-order chi connectivity index (χ0) is 18.4. The third-order valence-corrected chi connectivity index (χ3v) is 5.43. The first-order valence-electron chi connectivity index (χ1n) is 9.11. The minimum atomic E-state index is -0.0193. The van der Waals surface area contributed by atoms with Crippen LogP contribution >= 0.6 is 11.8 Å². The molecule has 0 radical (unpaired) electrons. The number of aryl methyl sites for hydroxylation is 1. The van der Waals surface area contributed by atoms with Gasteiger partial charge in [0, 0.05) is 54.8 Å². The summed E-state index contributed by atoms with van der Waals surface area (Å²) in [6.07, 6.45) is 4.69. The van der Waals surface area contributed by atoms with Crippen molar-refractivity contribution in [1.29, 1.82) is 0 Å². The first-order valence-corrected chi connectivity index (χ1v) is 10.1. The van der Waals surface area contributed by atoms with Crippen LogP contribution in [0.5, 0.6) is 0 Å². The molecule has 26 heavy (non-hydrogen) atoms. The molecule has 1 aromatic heterocycles. The number of amides is 2. The molecule has 1 aliphatic rings. The molecule has 0 aliphatic carbocycles. The Morgan fingerprint density at radius 1 is 1.15 bits per heavy atom. The van der Waals surface area contributed by atoms with E-state index in [9.17, 15) is 4.79 Å². The normalized spacial score (nSPS) is 14.8. The largest absolute Gasteiger partial charge is 0.369 e. The Bertz CT molecular complexity index is 735. The van der Waals surface area contributed by atoms with Crippen molar-refractivity contribution in [1.82, 2.24) is 9.88 Å². The van der Waals surface area contributed by atoms with Crippen LogP contribution in [0.25, 0.3) is 0 Å². The van der Waals surface area contributed by atoms with Crippen LogP contribution in [0.2, 0.25) is 0 Å². The number of carbonyl (C=O) groups is 1. The summed E-state index contributed by atoms with van der Waals surface area (Å²) in [5.74, 6) is 1.05. The molecule has 0 atom stereocenters. The number of thioether (sulfide) groups is 1. The number of nitrogens with zero attached hydrogens (tertiary/aromatic N) is 3. The quantitative estimate of drug-likeness (QED) is 0.818. The number of anilines is 2. The fourth-order valence-electron chi connectivity index (χ4n) is 3.19. The van der Waals surface area contributed by atoms with Crippen LogP contribution in [-0.2, 0) is 0 Å². The summed E-state index contributed by atoms with van der Waals surface area (Å²) in [5, 5.41) is 3.02. The zero-order valence-electron chi connectivity index (χ0n) is 15.4. The number of aromatic nitrogens is 1. The highest BCUT2D eigenvalue weighted by atomic mass is 32.2. The van der Waals surface area contributed by atoms with Crippen LogP contribution in [0.1, 0.15) is 18.9 Å². The van der Waals surface area contributed by atoms with E-state index in [2.05, 4.69) is 47.2 Å². The first-order chi connectivity index (χ1) is 12.7. The van der Waals surface area contributed by atoms with E-state index in [1.807, 2.05) is 29.4 Å². The number of pyridine rings is 1. The highest BCUT2D eigenvalue weighted by Gasteiger charge is 2.20. The number of hydrogen-bond acceptors (Lipinski definition) is 4. The Morgan fingerprint density at radius 2 is 1.96 bits per heavy atom. The Kier molecular flexibility index (Phi) is 6.39. The Labute approximate surface area is 159 Å². The van der Waals surface area contributed by atoms with Gasteiger partial charge in [-0.25, -0.2) is 4.79 Å². The van der Waals surface area contributed by atoms with Gasteiger partial charge in [0.15, 0.2) is 0 Å². The highest BCUT2D eigenvalue weighted by molar-refractivity contribution is 7.99. The fraction of sp³-hybridized carbons (Fsp3) is 0.400. The van der Waals surface area contributed by atoms with Crippen LogP contribution in [0.3, 0.4) is 0 Å². The maximum atomic E-state index is 12.6. The Morgan fingerprint density at radius 3 is 2.69 bits per heavy atom. The fourth-order valence-corrected chi connectivity index (χ4v) is 3.85. The molecule has 6 heteroatoms. The molecular weight excluding hydrogens is 344 g/mol. The minimum Gasteiger partial charge on any atom is -0.369 e. The lowest BCUT2D eigenvalue weighted by Crippen LogP contribution is -2.38. The molecule has 0 saturated carbocycles. The number of rotatable bonds is 4. The molecule has 2 heterocycles. The van der Waals surface area contributed by atoms with Gasteiger partial charge in [-0.3, -0.25) is 4.98 Å². The molecule has 3 rings (SSSR count). The van der Waals surface area contributed by atoms with Crippen LogP contribution < -0.4 is 10.2 Å². The lowest BCUT2D eigenvalue weighted by atomic mass is 10.2. The van der Waals surface area contributed by atoms with Gasteiger partial charge in [0.2, 0.25) is 0 Å². The monoisotopic (exact) mass is 370 g/mol. The summed E-state index contributed by atoms with van der Waals surface area (Å²) >= 11 is 1.80. The van der Waals surface area contributed by atoms with Gasteiger partial charge in [0.05, 0.1) is 0 Å². The van der Waals surface area contributed by atoms with Crippen molar-refractivity contribution in [2.75, 3.05) is 42.1 Å². The van der Waals surface area contributed by atoms with Gasteiger partial charge in [-0.05, 0) is 55.0 Å². The molecule has 138 valence electrons. The standard InChI is InChI=1S/C20H26N4OS/c1-3-26-18-7-5-17(6-8-18)22-20(25)24-12-4-11-23(13-14-24)19-9-10-21-15-16(19)2/h5-10,15H,3-4,11-14H2,1-2H3,(H,22,25). The summed E-state index contributed by atoms with van der Waals surface area (Å²) in [5.41, 5.74) is 3.24. The van der Waals surface area contributed by atoms with E-state index in [0.717, 1.165) is 44.0 Å². The lowest BCUT2D eigenvalue weighted by Gasteiger charge is -2.25. The maximum absolute atomic E-state index is 12.6. The first kappa shape index (κ1) is 18.6. The number of carbonyl (C=O) groups excluding carboxylic acids is 1. The summed E-state index contributed by atoms with van der Waals surface area (Å²) in [6, 6.07) is 10.1. The Hall–Kier alpha value is -2.21. The molecule has 1 aromatic carbocycles. The zero-order valence-corrected chi connectivity index (χ0v) is 16.3. The maximum Gasteiger partial charge on any atom is 0.321 e. The molecule has 2 aromatic rings. The summed E-state index contributed by atoms with van der Waals surface area (Å²) in [6.45, 7) is 7.50. The predicted octanol–water partition coefficient (Wildman–Crippen LogP) is 4.25. The van der Waals surface area contributed by atoms with E-state index in [-0.39, 0.29) is 6.03 Å². The molecule has 0 spiro atoms. The molecule has 1 N–H and O–H groups in total. The summed E-state index contributed by atoms with van der Waals surface area (Å²) in [7, 11) is 0. The van der Waals surface area contributed by atoms with E-state index >= 15 is 0 Å². The number of urea groups is 1. The minimum absolute atomic E-state index is 0.0193. The van der Waals surface area contributed by atoms with Crippen LogP contribution in [0, 0.1) is 6.92 Å². The van der Waals surface area contributed by atoms with E-state index in [0.29, 0.717) is 0 Å². The van der Waals surface area contributed by atoms with Crippen molar-refractivity contribution in [3.8, 4) is 0 Å². The highest BCUT2D eigenvalue weighted by Crippen LogP contribution is 2.21. The molecule has 1 saturated heterocycles. The van der Waals surface area contributed by atoms with Crippen LogP contribution in [0.4, 0.5) is 16.2 Å². The molecular formula is C20H26N4OS. The second kappa shape index (κ2) is 8.94. The molecule has 1 aliphatic heterocycles. The van der Waals surface area contributed by atoms with Crippen molar-refractivity contribution < 1.29 is 4.79 Å². The van der Waals surface area contributed by atoms with Gasteiger partial charge < -0.3 is 15.1 Å². The van der Waals surface area contributed by atoms with E-state index in [4.69, 9.17) is 0 Å². The number of nitrogens with one attached hydrogen (secondary N) is 1. The van der Waals surface area contributed by atoms with Crippen molar-refractivity contribution in [2.45, 2.75) is 25.2 Å². The van der Waals surface area contributed by atoms with Gasteiger partial charge in [0.1, 0.15) is 0 Å². The van der Waals surface area contributed by atoms with Gasteiger partial charge in [-0.15, -0.1) is 11.8 Å². The molecule has 0 bridgehead atoms. The van der Waals surface area contributed by atoms with E-state index in [1.54, 1.807) is 11.8 Å². The second-order valence-corrected chi connectivity index (χ2v) is 7.71. The second-order valence-electron chi connectivity index (χ2n) is 6.38. The lowest BCUT2D eigenvalue weighted by molar-refractivity contribution is 0.215. The number of hydrogen-bond donors (Lipinski definition) is 1. The smallest absolute Gasteiger partial charge is 0.321 e. The average molecular weight is 371 g/mol. The van der Waals surface area contributed by atoms with Crippen molar-refractivity contribution in [3.63, 3.8) is 0 Å². The van der Waals surface area contributed by atoms with Crippen molar-refractivity contribution in [3.05, 3.63) is 48.3 Å². The topological polar surface area (TPSA) is 48.5 Å². The molecule has 2 amide bonds. The van der Waals surface area contributed by atoms with Crippen LogP contribution in [0.15, 0.2) is 47.6 Å². The van der Waals surface area contributed by atoms with Crippen molar-refractivity contribution >= 4 is 29.2 Å². The SMILES string of the molecule is CCSc1ccc(NC(=O)N2CCCN(c3ccncc3C)CC2)cc1. The Balaban J connectivity index is 1.58. The van der Waals surface area contributed by atoms with Gasteiger partial charge >= 0.3 is 6.03 Å². The van der Waals surface area contributed by atoms with Crippen molar-refractivity contribution in [2.24, 2.45) is 0 Å². The third-order valence-electron chi connectivity index (χ3n) is 4.53. The summed E-state index contributed by atoms with van der Waals surface area (Å²) < 4.78 is 0. The van der Waals surface area contributed by atoms with Crippen LogP contribution in [-0.4, -0.2) is 47.8 Å². The van der Waals surface area contributed by atoms with E-state index < -0.39 is 0 Å². The molecule has 5 nitrogen and oxygen atoms in total. The third kappa shape index (κ3) is 4.69. The average Bonchev–Trinajstić information content (AvgIpc) is 2.90. The molecule has 1 fully saturated rings.